The fourth-order valence-electron chi connectivity index (χ4n) is 1.47. The van der Waals surface area contributed by atoms with Crippen molar-refractivity contribution in [2.45, 2.75) is 26.8 Å². The molecular weight excluding hydrogens is 219 g/mol. The molecular formula is C13H19FN2O. The minimum Gasteiger partial charge on any atom is -0.351 e. The SMILES string of the molecule is Cc1ccc(F)cc1C(=O)NCCNC(C)C. The summed E-state index contributed by atoms with van der Waals surface area (Å²) in [6.07, 6.45) is 0. The van der Waals surface area contributed by atoms with E-state index >= 15 is 0 Å². The summed E-state index contributed by atoms with van der Waals surface area (Å²) in [6, 6.07) is 4.62. The predicted octanol–water partition coefficient (Wildman–Crippen LogP) is 1.86. The molecule has 0 aliphatic carbocycles. The van der Waals surface area contributed by atoms with E-state index in [2.05, 4.69) is 10.6 Å². The van der Waals surface area contributed by atoms with Gasteiger partial charge in [-0.05, 0) is 24.6 Å². The monoisotopic (exact) mass is 238 g/mol. The average Bonchev–Trinajstić information content (AvgIpc) is 2.27. The van der Waals surface area contributed by atoms with Gasteiger partial charge in [0.2, 0.25) is 0 Å². The van der Waals surface area contributed by atoms with Crippen LogP contribution < -0.4 is 10.6 Å². The Morgan fingerprint density at radius 3 is 2.71 bits per heavy atom. The Labute approximate surface area is 101 Å². The summed E-state index contributed by atoms with van der Waals surface area (Å²) in [7, 11) is 0. The van der Waals surface area contributed by atoms with E-state index < -0.39 is 0 Å². The zero-order valence-electron chi connectivity index (χ0n) is 10.5. The van der Waals surface area contributed by atoms with Crippen molar-refractivity contribution in [3.63, 3.8) is 0 Å². The van der Waals surface area contributed by atoms with Crippen LogP contribution in [-0.2, 0) is 0 Å². The van der Waals surface area contributed by atoms with Gasteiger partial charge in [-0.25, -0.2) is 4.39 Å². The van der Waals surface area contributed by atoms with E-state index in [4.69, 9.17) is 0 Å². The molecule has 17 heavy (non-hydrogen) atoms. The van der Waals surface area contributed by atoms with Crippen molar-refractivity contribution in [2.24, 2.45) is 0 Å². The van der Waals surface area contributed by atoms with Gasteiger partial charge in [0.1, 0.15) is 5.82 Å². The second-order valence-corrected chi connectivity index (χ2v) is 4.32. The minimum absolute atomic E-state index is 0.229. The van der Waals surface area contributed by atoms with Gasteiger partial charge in [0.25, 0.3) is 5.91 Å². The molecule has 0 radical (unpaired) electrons. The van der Waals surface area contributed by atoms with E-state index in [0.717, 1.165) is 5.56 Å². The van der Waals surface area contributed by atoms with Crippen LogP contribution in [0.15, 0.2) is 18.2 Å². The molecule has 94 valence electrons. The zero-order chi connectivity index (χ0) is 12.8. The maximum Gasteiger partial charge on any atom is 0.251 e. The van der Waals surface area contributed by atoms with Gasteiger partial charge in [-0.3, -0.25) is 4.79 Å². The second-order valence-electron chi connectivity index (χ2n) is 4.32. The van der Waals surface area contributed by atoms with Crippen molar-refractivity contribution >= 4 is 5.91 Å². The van der Waals surface area contributed by atoms with Crippen molar-refractivity contribution in [2.75, 3.05) is 13.1 Å². The van der Waals surface area contributed by atoms with Gasteiger partial charge < -0.3 is 10.6 Å². The third kappa shape index (κ3) is 4.53. The van der Waals surface area contributed by atoms with Crippen LogP contribution in [0.25, 0.3) is 0 Å². The fraction of sp³-hybridized carbons (Fsp3) is 0.462. The molecule has 0 heterocycles. The van der Waals surface area contributed by atoms with E-state index in [1.807, 2.05) is 13.8 Å². The van der Waals surface area contributed by atoms with Gasteiger partial charge in [-0.15, -0.1) is 0 Å². The second kappa shape index (κ2) is 6.35. The normalized spacial score (nSPS) is 10.6. The molecule has 2 N–H and O–H groups in total. The topological polar surface area (TPSA) is 41.1 Å². The van der Waals surface area contributed by atoms with Gasteiger partial charge in [-0.2, -0.15) is 0 Å². The number of aryl methyl sites for hydroxylation is 1. The number of hydrogen-bond donors (Lipinski definition) is 2. The number of carbonyl (C=O) groups is 1. The quantitative estimate of drug-likeness (QED) is 0.769. The molecule has 0 aromatic heterocycles. The molecule has 3 nitrogen and oxygen atoms in total. The van der Waals surface area contributed by atoms with Crippen LogP contribution in [-0.4, -0.2) is 25.0 Å². The van der Waals surface area contributed by atoms with Crippen molar-refractivity contribution in [1.82, 2.24) is 10.6 Å². The van der Waals surface area contributed by atoms with Crippen LogP contribution >= 0.6 is 0 Å². The maximum absolute atomic E-state index is 13.0. The third-order valence-corrected chi connectivity index (χ3v) is 2.41. The average molecular weight is 238 g/mol. The Bertz CT molecular complexity index is 391. The molecule has 0 fully saturated rings. The highest BCUT2D eigenvalue weighted by Gasteiger charge is 2.09. The Kier molecular flexibility index (Phi) is 5.10. The van der Waals surface area contributed by atoms with Gasteiger partial charge >= 0.3 is 0 Å². The molecule has 0 atom stereocenters. The zero-order valence-corrected chi connectivity index (χ0v) is 10.5. The molecule has 0 saturated heterocycles. The number of rotatable bonds is 5. The Morgan fingerprint density at radius 2 is 2.06 bits per heavy atom. The lowest BCUT2D eigenvalue weighted by Gasteiger charge is -2.10. The smallest absolute Gasteiger partial charge is 0.251 e. The molecule has 0 aliphatic rings. The highest BCUT2D eigenvalue weighted by Crippen LogP contribution is 2.09. The largest absolute Gasteiger partial charge is 0.351 e. The third-order valence-electron chi connectivity index (χ3n) is 2.41. The molecule has 4 heteroatoms. The first-order chi connectivity index (χ1) is 8.00. The van der Waals surface area contributed by atoms with Gasteiger partial charge in [0.05, 0.1) is 0 Å². The molecule has 0 spiro atoms. The summed E-state index contributed by atoms with van der Waals surface area (Å²) < 4.78 is 13.0. The highest BCUT2D eigenvalue weighted by molar-refractivity contribution is 5.95. The first-order valence-corrected chi connectivity index (χ1v) is 5.78. The number of hydrogen-bond acceptors (Lipinski definition) is 2. The van der Waals surface area contributed by atoms with Crippen LogP contribution in [0, 0.1) is 12.7 Å². The Hall–Kier alpha value is -1.42. The summed E-state index contributed by atoms with van der Waals surface area (Å²) in [5.41, 5.74) is 1.18. The molecule has 0 aliphatic heterocycles. The van der Waals surface area contributed by atoms with E-state index in [-0.39, 0.29) is 11.7 Å². The summed E-state index contributed by atoms with van der Waals surface area (Å²) in [5, 5.41) is 5.94. The lowest BCUT2D eigenvalue weighted by Crippen LogP contribution is -2.34. The first kappa shape index (κ1) is 13.6. The Balaban J connectivity index is 2.49. The molecule has 1 rings (SSSR count). The molecule has 0 unspecified atom stereocenters. The molecule has 0 bridgehead atoms. The molecule has 1 amide bonds. The Morgan fingerprint density at radius 1 is 1.35 bits per heavy atom. The van der Waals surface area contributed by atoms with Crippen molar-refractivity contribution in [3.8, 4) is 0 Å². The van der Waals surface area contributed by atoms with Crippen LogP contribution in [0.5, 0.6) is 0 Å². The number of amides is 1. The van der Waals surface area contributed by atoms with Crippen LogP contribution in [0.2, 0.25) is 0 Å². The predicted molar refractivity (Wildman–Crippen MR) is 66.6 cm³/mol. The number of halogens is 1. The lowest BCUT2D eigenvalue weighted by molar-refractivity contribution is 0.0952. The minimum atomic E-state index is -0.388. The van der Waals surface area contributed by atoms with Crippen LogP contribution in [0.4, 0.5) is 4.39 Å². The molecule has 1 aromatic rings. The van der Waals surface area contributed by atoms with E-state index in [0.29, 0.717) is 24.7 Å². The van der Waals surface area contributed by atoms with Gasteiger partial charge in [0.15, 0.2) is 0 Å². The van der Waals surface area contributed by atoms with E-state index in [1.165, 1.54) is 12.1 Å². The van der Waals surface area contributed by atoms with Crippen LogP contribution in [0.3, 0.4) is 0 Å². The van der Waals surface area contributed by atoms with Crippen molar-refractivity contribution < 1.29 is 9.18 Å². The lowest BCUT2D eigenvalue weighted by atomic mass is 10.1. The molecule has 0 saturated carbocycles. The summed E-state index contributed by atoms with van der Waals surface area (Å²) in [6.45, 7) is 7.11. The first-order valence-electron chi connectivity index (χ1n) is 5.78. The standard InChI is InChI=1S/C13H19FN2O/c1-9(2)15-6-7-16-13(17)12-8-11(14)5-4-10(12)3/h4-5,8-9,15H,6-7H2,1-3H3,(H,16,17). The summed E-state index contributed by atoms with van der Waals surface area (Å²) >= 11 is 0. The number of benzene rings is 1. The molecule has 1 aromatic carbocycles. The number of carbonyl (C=O) groups excluding carboxylic acids is 1. The van der Waals surface area contributed by atoms with Crippen LogP contribution in [0.1, 0.15) is 29.8 Å². The van der Waals surface area contributed by atoms with Crippen molar-refractivity contribution in [1.29, 1.82) is 0 Å². The summed E-state index contributed by atoms with van der Waals surface area (Å²) in [5.74, 6) is -0.617. The van der Waals surface area contributed by atoms with Gasteiger partial charge in [0, 0.05) is 24.7 Å². The van der Waals surface area contributed by atoms with E-state index in [9.17, 15) is 9.18 Å². The van der Waals surface area contributed by atoms with E-state index in [1.54, 1.807) is 13.0 Å². The summed E-state index contributed by atoms with van der Waals surface area (Å²) in [4.78, 5) is 11.8. The highest BCUT2D eigenvalue weighted by atomic mass is 19.1. The van der Waals surface area contributed by atoms with Gasteiger partial charge in [-0.1, -0.05) is 19.9 Å². The van der Waals surface area contributed by atoms with Crippen molar-refractivity contribution in [3.05, 3.63) is 35.1 Å². The fourth-order valence-corrected chi connectivity index (χ4v) is 1.47. The number of nitrogens with one attached hydrogen (secondary N) is 2. The maximum atomic E-state index is 13.0.